The zero-order valence-corrected chi connectivity index (χ0v) is 11.2. The van der Waals surface area contributed by atoms with Crippen LogP contribution in [0, 0.1) is 13.8 Å². The molecule has 2 N–H and O–H groups in total. The van der Waals surface area contributed by atoms with Crippen LogP contribution >= 0.6 is 0 Å². The van der Waals surface area contributed by atoms with Crippen molar-refractivity contribution in [3.8, 4) is 5.95 Å². The fourth-order valence-electron chi connectivity index (χ4n) is 2.33. The summed E-state index contributed by atoms with van der Waals surface area (Å²) in [6.07, 6.45) is -0.0299. The van der Waals surface area contributed by atoms with E-state index in [-0.39, 0.29) is 6.42 Å². The Bertz CT molecular complexity index is 768. The van der Waals surface area contributed by atoms with E-state index in [2.05, 4.69) is 15.1 Å². The van der Waals surface area contributed by atoms with Crippen molar-refractivity contribution < 1.29 is 9.90 Å². The molecule has 20 heavy (non-hydrogen) atoms. The van der Waals surface area contributed by atoms with E-state index < -0.39 is 5.97 Å². The molecule has 0 unspecified atom stereocenters. The molecule has 0 aliphatic rings. The molecule has 2 aromatic heterocycles. The quantitative estimate of drug-likeness (QED) is 0.762. The monoisotopic (exact) mass is 270 g/mol. The fraction of sp³-hybridized carbons (Fsp3) is 0.214. The highest BCUT2D eigenvalue weighted by atomic mass is 16.4. The minimum atomic E-state index is -0.861. The number of nitrogens with zero attached hydrogens (tertiary/aromatic N) is 3. The summed E-state index contributed by atoms with van der Waals surface area (Å²) >= 11 is 0. The summed E-state index contributed by atoms with van der Waals surface area (Å²) in [5.41, 5.74) is 4.02. The number of aliphatic carboxylic acids is 1. The van der Waals surface area contributed by atoms with E-state index in [1.807, 2.05) is 38.1 Å². The van der Waals surface area contributed by atoms with E-state index in [0.29, 0.717) is 11.6 Å². The van der Waals surface area contributed by atoms with Crippen LogP contribution in [-0.4, -0.2) is 30.8 Å². The Morgan fingerprint density at radius 1 is 1.35 bits per heavy atom. The lowest BCUT2D eigenvalue weighted by atomic mass is 10.1. The molecule has 0 bridgehead atoms. The Labute approximate surface area is 115 Å². The number of aryl methyl sites for hydroxylation is 1. The minimum absolute atomic E-state index is 0.0299. The summed E-state index contributed by atoms with van der Waals surface area (Å²) < 4.78 is 1.66. The van der Waals surface area contributed by atoms with Gasteiger partial charge in [0.05, 0.1) is 23.1 Å². The second-order valence-electron chi connectivity index (χ2n) is 4.71. The van der Waals surface area contributed by atoms with Gasteiger partial charge in [0.1, 0.15) is 0 Å². The number of benzene rings is 1. The molecule has 6 heteroatoms. The summed E-state index contributed by atoms with van der Waals surface area (Å²) in [6.45, 7) is 3.66. The second-order valence-corrected chi connectivity index (χ2v) is 4.71. The smallest absolute Gasteiger partial charge is 0.307 e. The van der Waals surface area contributed by atoms with Crippen LogP contribution in [0.5, 0.6) is 0 Å². The van der Waals surface area contributed by atoms with Crippen LogP contribution in [0.25, 0.3) is 17.0 Å². The number of fused-ring (bicyclic) bond motifs is 1. The average molecular weight is 270 g/mol. The number of nitrogens with one attached hydrogen (secondary N) is 1. The van der Waals surface area contributed by atoms with Crippen LogP contribution in [0.1, 0.15) is 17.0 Å². The van der Waals surface area contributed by atoms with Crippen molar-refractivity contribution in [2.24, 2.45) is 0 Å². The van der Waals surface area contributed by atoms with Crippen molar-refractivity contribution in [1.82, 2.24) is 19.7 Å². The molecule has 3 rings (SSSR count). The normalized spacial score (nSPS) is 11.1. The molecular formula is C14H14N4O2. The fourth-order valence-corrected chi connectivity index (χ4v) is 2.33. The van der Waals surface area contributed by atoms with Crippen LogP contribution in [0.4, 0.5) is 0 Å². The van der Waals surface area contributed by atoms with Gasteiger partial charge in [0.2, 0.25) is 5.95 Å². The summed E-state index contributed by atoms with van der Waals surface area (Å²) in [5.74, 6) is -0.260. The van der Waals surface area contributed by atoms with E-state index in [9.17, 15) is 4.79 Å². The maximum Gasteiger partial charge on any atom is 0.307 e. The highest BCUT2D eigenvalue weighted by Gasteiger charge is 2.17. The van der Waals surface area contributed by atoms with Crippen molar-refractivity contribution in [2.75, 3.05) is 0 Å². The SMILES string of the molecule is Cc1nn(-c2nc3ccccc3[nH]2)c(C)c1CC(=O)O. The van der Waals surface area contributed by atoms with Gasteiger partial charge >= 0.3 is 5.97 Å². The molecule has 0 radical (unpaired) electrons. The number of carboxylic acid groups (broad SMARTS) is 1. The first kappa shape index (κ1) is 12.4. The maximum absolute atomic E-state index is 10.9. The number of hydrogen-bond acceptors (Lipinski definition) is 3. The van der Waals surface area contributed by atoms with E-state index in [1.165, 1.54) is 0 Å². The molecule has 0 aliphatic carbocycles. The van der Waals surface area contributed by atoms with Gasteiger partial charge in [-0.05, 0) is 26.0 Å². The van der Waals surface area contributed by atoms with Crippen LogP contribution in [0.2, 0.25) is 0 Å². The van der Waals surface area contributed by atoms with Gasteiger partial charge in [0.15, 0.2) is 0 Å². The van der Waals surface area contributed by atoms with E-state index >= 15 is 0 Å². The van der Waals surface area contributed by atoms with Gasteiger partial charge in [-0.2, -0.15) is 5.10 Å². The number of carbonyl (C=O) groups is 1. The Hall–Kier alpha value is -2.63. The highest BCUT2D eigenvalue weighted by Crippen LogP contribution is 2.19. The maximum atomic E-state index is 10.9. The number of aromatic amines is 1. The number of hydrogen-bond donors (Lipinski definition) is 2. The first-order valence-electron chi connectivity index (χ1n) is 6.28. The highest BCUT2D eigenvalue weighted by molar-refractivity contribution is 5.76. The van der Waals surface area contributed by atoms with Crippen molar-refractivity contribution in [3.63, 3.8) is 0 Å². The zero-order chi connectivity index (χ0) is 14.3. The average Bonchev–Trinajstić information content (AvgIpc) is 2.94. The van der Waals surface area contributed by atoms with Crippen molar-refractivity contribution in [3.05, 3.63) is 41.2 Å². The molecule has 0 fully saturated rings. The minimum Gasteiger partial charge on any atom is -0.481 e. The van der Waals surface area contributed by atoms with Gasteiger partial charge in [-0.15, -0.1) is 0 Å². The number of rotatable bonds is 3. The molecule has 1 aromatic carbocycles. The van der Waals surface area contributed by atoms with Crippen LogP contribution in [0.15, 0.2) is 24.3 Å². The molecule has 0 atom stereocenters. The zero-order valence-electron chi connectivity index (χ0n) is 11.2. The summed E-state index contributed by atoms with van der Waals surface area (Å²) in [4.78, 5) is 18.6. The summed E-state index contributed by atoms with van der Waals surface area (Å²) in [6, 6.07) is 7.71. The first-order chi connectivity index (χ1) is 9.56. The molecule has 0 spiro atoms. The second kappa shape index (κ2) is 4.48. The Morgan fingerprint density at radius 2 is 2.10 bits per heavy atom. The Kier molecular flexibility index (Phi) is 2.78. The number of H-pyrrole nitrogens is 1. The molecule has 0 saturated heterocycles. The number of aromatic nitrogens is 4. The molecule has 0 aliphatic heterocycles. The molecule has 2 heterocycles. The number of para-hydroxylation sites is 2. The van der Waals surface area contributed by atoms with Crippen LogP contribution < -0.4 is 0 Å². The van der Waals surface area contributed by atoms with Crippen LogP contribution in [-0.2, 0) is 11.2 Å². The molecule has 0 saturated carbocycles. The summed E-state index contributed by atoms with van der Waals surface area (Å²) in [5, 5.41) is 13.3. The third-order valence-corrected chi connectivity index (χ3v) is 3.35. The first-order valence-corrected chi connectivity index (χ1v) is 6.28. The van der Waals surface area contributed by atoms with Gasteiger partial charge in [0.25, 0.3) is 0 Å². The van der Waals surface area contributed by atoms with Gasteiger partial charge in [-0.25, -0.2) is 9.67 Å². The lowest BCUT2D eigenvalue weighted by Gasteiger charge is -2.00. The summed E-state index contributed by atoms with van der Waals surface area (Å²) in [7, 11) is 0. The van der Waals surface area contributed by atoms with Gasteiger partial charge < -0.3 is 10.1 Å². The number of carboxylic acids is 1. The third-order valence-electron chi connectivity index (χ3n) is 3.35. The van der Waals surface area contributed by atoms with E-state index in [4.69, 9.17) is 5.11 Å². The largest absolute Gasteiger partial charge is 0.481 e. The van der Waals surface area contributed by atoms with E-state index in [1.54, 1.807) is 4.68 Å². The molecule has 6 nitrogen and oxygen atoms in total. The standard InChI is InChI=1S/C14H14N4O2/c1-8-10(7-13(19)20)9(2)18(17-8)14-15-11-5-3-4-6-12(11)16-14/h3-6H,7H2,1-2H3,(H,15,16)(H,19,20). The van der Waals surface area contributed by atoms with E-state index in [0.717, 1.165) is 22.3 Å². The van der Waals surface area contributed by atoms with Gasteiger partial charge in [-0.1, -0.05) is 12.1 Å². The Morgan fingerprint density at radius 3 is 2.80 bits per heavy atom. The lowest BCUT2D eigenvalue weighted by Crippen LogP contribution is -2.04. The predicted molar refractivity (Wildman–Crippen MR) is 74.0 cm³/mol. The predicted octanol–water partition coefficient (Wildman–Crippen LogP) is 1.99. The molecule has 3 aromatic rings. The van der Waals surface area contributed by atoms with Crippen molar-refractivity contribution in [2.45, 2.75) is 20.3 Å². The lowest BCUT2D eigenvalue weighted by molar-refractivity contribution is -0.136. The molecule has 0 amide bonds. The molecule has 102 valence electrons. The van der Waals surface area contributed by atoms with Crippen molar-refractivity contribution in [1.29, 1.82) is 0 Å². The van der Waals surface area contributed by atoms with Gasteiger partial charge in [0, 0.05) is 11.3 Å². The Balaban J connectivity index is 2.12. The van der Waals surface area contributed by atoms with Crippen LogP contribution in [0.3, 0.4) is 0 Å². The topological polar surface area (TPSA) is 83.8 Å². The number of imidazole rings is 1. The van der Waals surface area contributed by atoms with Crippen molar-refractivity contribution >= 4 is 17.0 Å². The third kappa shape index (κ3) is 1.95. The molecular weight excluding hydrogens is 256 g/mol. The van der Waals surface area contributed by atoms with Gasteiger partial charge in [-0.3, -0.25) is 4.79 Å².